The molecule has 2 aromatic heterocycles. The van der Waals surface area contributed by atoms with Gasteiger partial charge in [-0.1, -0.05) is 0 Å². The lowest BCUT2D eigenvalue weighted by molar-refractivity contribution is 0.0696. The Bertz CT molecular complexity index is 516. The molecule has 0 atom stereocenters. The van der Waals surface area contributed by atoms with E-state index in [1.165, 1.54) is 22.4 Å². The summed E-state index contributed by atoms with van der Waals surface area (Å²) in [7, 11) is 0. The predicted molar refractivity (Wildman–Crippen MR) is 53.5 cm³/mol. The molecule has 0 radical (unpaired) electrons. The van der Waals surface area contributed by atoms with Gasteiger partial charge in [0.1, 0.15) is 11.4 Å². The Kier molecular flexibility index (Phi) is 2.24. The molecule has 78 valence electrons. The van der Waals surface area contributed by atoms with E-state index in [1.54, 1.807) is 13.8 Å². The Hall–Kier alpha value is -1.76. The van der Waals surface area contributed by atoms with Crippen LogP contribution < -0.4 is 0 Å². The number of nitrogens with zero attached hydrogens (tertiary/aromatic N) is 4. The van der Waals surface area contributed by atoms with Crippen LogP contribution in [0.15, 0.2) is 6.20 Å². The van der Waals surface area contributed by atoms with E-state index in [2.05, 4.69) is 14.5 Å². The first-order valence-corrected chi connectivity index (χ1v) is 4.95. The van der Waals surface area contributed by atoms with Gasteiger partial charge in [-0.05, 0) is 13.8 Å². The molecule has 2 rings (SSSR count). The Morgan fingerprint density at radius 2 is 2.27 bits per heavy atom. The number of carboxylic acids is 1. The van der Waals surface area contributed by atoms with Crippen molar-refractivity contribution in [2.45, 2.75) is 13.8 Å². The van der Waals surface area contributed by atoms with E-state index in [0.717, 1.165) is 0 Å². The molecule has 15 heavy (non-hydrogen) atoms. The fourth-order valence-electron chi connectivity index (χ4n) is 1.15. The Morgan fingerprint density at radius 1 is 1.53 bits per heavy atom. The van der Waals surface area contributed by atoms with Gasteiger partial charge in [0.25, 0.3) is 0 Å². The highest BCUT2D eigenvalue weighted by atomic mass is 32.1. The number of rotatable bonds is 2. The van der Waals surface area contributed by atoms with Crippen LogP contribution in [0.25, 0.3) is 5.13 Å². The van der Waals surface area contributed by atoms with Gasteiger partial charge >= 0.3 is 5.97 Å². The number of carbonyl (C=O) groups is 1. The zero-order valence-electron chi connectivity index (χ0n) is 8.13. The van der Waals surface area contributed by atoms with Crippen LogP contribution >= 0.6 is 11.5 Å². The van der Waals surface area contributed by atoms with Gasteiger partial charge in [-0.15, -0.1) is 0 Å². The topological polar surface area (TPSA) is 80.9 Å². The summed E-state index contributed by atoms with van der Waals surface area (Å²) in [6.07, 6.45) is 1.44. The summed E-state index contributed by atoms with van der Waals surface area (Å²) >= 11 is 1.18. The summed E-state index contributed by atoms with van der Waals surface area (Å²) in [6.45, 7) is 3.42. The average Bonchev–Trinajstić information content (AvgIpc) is 2.71. The molecule has 6 nitrogen and oxygen atoms in total. The minimum Gasteiger partial charge on any atom is -0.478 e. The van der Waals surface area contributed by atoms with E-state index >= 15 is 0 Å². The largest absolute Gasteiger partial charge is 0.478 e. The number of hydrogen-bond donors (Lipinski definition) is 1. The molecule has 0 aliphatic rings. The van der Waals surface area contributed by atoms with E-state index in [1.807, 2.05) is 0 Å². The highest BCUT2D eigenvalue weighted by molar-refractivity contribution is 7.08. The lowest BCUT2D eigenvalue weighted by atomic mass is 10.3. The number of carboxylic acid groups (broad SMARTS) is 1. The lowest BCUT2D eigenvalue weighted by Gasteiger charge is -1.90. The maximum Gasteiger partial charge on any atom is 0.339 e. The SMILES string of the molecule is Cc1nsc(-n2cc(C(=O)O)c(C)n2)n1. The van der Waals surface area contributed by atoms with Gasteiger partial charge in [-0.2, -0.15) is 9.47 Å². The standard InChI is InChI=1S/C8H8N4O2S/c1-4-6(7(13)14)3-12(10-4)8-9-5(2)11-15-8/h3H,1-2H3,(H,13,14). The van der Waals surface area contributed by atoms with Crippen LogP contribution in [-0.2, 0) is 0 Å². The highest BCUT2D eigenvalue weighted by Crippen LogP contribution is 2.13. The van der Waals surface area contributed by atoms with Crippen LogP contribution in [0.1, 0.15) is 21.9 Å². The Labute approximate surface area is 89.4 Å². The van der Waals surface area contributed by atoms with Crippen molar-refractivity contribution < 1.29 is 9.90 Å². The summed E-state index contributed by atoms with van der Waals surface area (Å²) < 4.78 is 5.43. The van der Waals surface area contributed by atoms with E-state index in [-0.39, 0.29) is 5.56 Å². The fraction of sp³-hybridized carbons (Fsp3) is 0.250. The molecule has 0 bridgehead atoms. The molecule has 0 unspecified atom stereocenters. The third-order valence-electron chi connectivity index (χ3n) is 1.84. The Balaban J connectivity index is 2.46. The monoisotopic (exact) mass is 224 g/mol. The van der Waals surface area contributed by atoms with Crippen LogP contribution in [0.3, 0.4) is 0 Å². The minimum atomic E-state index is -0.986. The van der Waals surface area contributed by atoms with Crippen molar-refractivity contribution in [1.82, 2.24) is 19.1 Å². The Morgan fingerprint density at radius 3 is 2.73 bits per heavy atom. The first-order valence-electron chi connectivity index (χ1n) is 4.18. The molecule has 0 aliphatic carbocycles. The lowest BCUT2D eigenvalue weighted by Crippen LogP contribution is -1.95. The normalized spacial score (nSPS) is 10.5. The van der Waals surface area contributed by atoms with Gasteiger partial charge in [-0.25, -0.2) is 14.5 Å². The van der Waals surface area contributed by atoms with Crippen molar-refractivity contribution in [2.24, 2.45) is 0 Å². The van der Waals surface area contributed by atoms with Crippen LogP contribution in [0.4, 0.5) is 0 Å². The van der Waals surface area contributed by atoms with Gasteiger partial charge in [0.05, 0.1) is 5.69 Å². The van der Waals surface area contributed by atoms with E-state index in [0.29, 0.717) is 16.6 Å². The van der Waals surface area contributed by atoms with Gasteiger partial charge in [0.2, 0.25) is 5.13 Å². The molecule has 0 fully saturated rings. The quantitative estimate of drug-likeness (QED) is 0.824. The van der Waals surface area contributed by atoms with Crippen LogP contribution in [0.5, 0.6) is 0 Å². The summed E-state index contributed by atoms with van der Waals surface area (Å²) in [5.74, 6) is -0.333. The van der Waals surface area contributed by atoms with Gasteiger partial charge < -0.3 is 5.11 Å². The third kappa shape index (κ3) is 1.73. The number of aromatic nitrogens is 4. The second-order valence-corrected chi connectivity index (χ2v) is 3.73. The molecule has 7 heteroatoms. The summed E-state index contributed by atoms with van der Waals surface area (Å²) in [6, 6.07) is 0. The highest BCUT2D eigenvalue weighted by Gasteiger charge is 2.14. The molecule has 0 spiro atoms. The van der Waals surface area contributed by atoms with E-state index in [9.17, 15) is 4.79 Å². The first kappa shape index (κ1) is 9.78. The molecule has 0 saturated carbocycles. The van der Waals surface area contributed by atoms with Crippen LogP contribution in [-0.4, -0.2) is 30.2 Å². The molecule has 2 heterocycles. The van der Waals surface area contributed by atoms with E-state index < -0.39 is 5.97 Å². The van der Waals surface area contributed by atoms with E-state index in [4.69, 9.17) is 5.11 Å². The fourth-order valence-corrected chi connectivity index (χ4v) is 1.75. The third-order valence-corrected chi connectivity index (χ3v) is 2.64. The van der Waals surface area contributed by atoms with Crippen molar-refractivity contribution >= 4 is 17.5 Å². The van der Waals surface area contributed by atoms with Crippen molar-refractivity contribution in [1.29, 1.82) is 0 Å². The zero-order valence-corrected chi connectivity index (χ0v) is 8.95. The molecule has 0 aromatic carbocycles. The van der Waals surface area contributed by atoms with Crippen molar-refractivity contribution in [3.05, 3.63) is 23.3 Å². The molecular weight excluding hydrogens is 216 g/mol. The number of hydrogen-bond acceptors (Lipinski definition) is 5. The number of aryl methyl sites for hydroxylation is 2. The van der Waals surface area contributed by atoms with Crippen LogP contribution in [0.2, 0.25) is 0 Å². The second kappa shape index (κ2) is 3.43. The summed E-state index contributed by atoms with van der Waals surface area (Å²) in [5, 5.41) is 13.5. The van der Waals surface area contributed by atoms with Crippen molar-refractivity contribution in [3.63, 3.8) is 0 Å². The molecule has 0 aliphatic heterocycles. The van der Waals surface area contributed by atoms with Crippen molar-refractivity contribution in [3.8, 4) is 5.13 Å². The predicted octanol–water partition coefficient (Wildman–Crippen LogP) is 1.04. The van der Waals surface area contributed by atoms with Crippen molar-refractivity contribution in [2.75, 3.05) is 0 Å². The first-order chi connectivity index (χ1) is 7.08. The second-order valence-electron chi connectivity index (χ2n) is 3.00. The maximum atomic E-state index is 10.8. The zero-order chi connectivity index (χ0) is 11.0. The van der Waals surface area contributed by atoms with Gasteiger partial charge in [-0.3, -0.25) is 0 Å². The molecular formula is C8H8N4O2S. The van der Waals surface area contributed by atoms with Gasteiger partial charge in [0.15, 0.2) is 0 Å². The maximum absolute atomic E-state index is 10.8. The molecule has 0 amide bonds. The van der Waals surface area contributed by atoms with Gasteiger partial charge in [0, 0.05) is 17.7 Å². The molecule has 2 aromatic rings. The molecule has 1 N–H and O–H groups in total. The minimum absolute atomic E-state index is 0.183. The van der Waals surface area contributed by atoms with Crippen LogP contribution in [0, 0.1) is 13.8 Å². The average molecular weight is 224 g/mol. The number of aromatic carboxylic acids is 1. The molecule has 0 saturated heterocycles. The summed E-state index contributed by atoms with van der Waals surface area (Å²) in [4.78, 5) is 14.9. The summed E-state index contributed by atoms with van der Waals surface area (Å²) in [5.41, 5.74) is 0.651. The smallest absolute Gasteiger partial charge is 0.339 e.